The quantitative estimate of drug-likeness (QED) is 0.237. The maximum absolute atomic E-state index is 9.55. The van der Waals surface area contributed by atoms with Gasteiger partial charge < -0.3 is 10.2 Å². The zero-order valence-electron chi connectivity index (χ0n) is 25.8. The molecule has 2 aromatic carbocycles. The highest BCUT2D eigenvalue weighted by atomic mass is 16.4. The number of pyridine rings is 2. The third-order valence-corrected chi connectivity index (χ3v) is 7.94. The van der Waals surface area contributed by atoms with Gasteiger partial charge in [-0.25, -0.2) is 9.59 Å². The van der Waals surface area contributed by atoms with Crippen LogP contribution in [0.4, 0.5) is 0 Å². The second-order valence-corrected chi connectivity index (χ2v) is 11.2. The Hall–Kier alpha value is -4.66. The lowest BCUT2D eigenvalue weighted by atomic mass is 9.98. The van der Waals surface area contributed by atoms with Crippen molar-refractivity contribution in [1.29, 1.82) is 0 Å². The van der Waals surface area contributed by atoms with E-state index in [2.05, 4.69) is 108 Å². The van der Waals surface area contributed by atoms with Gasteiger partial charge in [0.2, 0.25) is 0 Å². The molecule has 2 N–H and O–H groups in total. The van der Waals surface area contributed by atoms with Gasteiger partial charge >= 0.3 is 11.9 Å². The molecule has 3 heterocycles. The Morgan fingerprint density at radius 2 is 1.16 bits per heavy atom. The molecule has 0 atom stereocenters. The number of carbonyl (C=O) groups is 2. The molecule has 5 rings (SSSR count). The van der Waals surface area contributed by atoms with Gasteiger partial charge in [0.05, 0.1) is 11.4 Å². The number of aryl methyl sites for hydroxylation is 3. The van der Waals surface area contributed by atoms with Gasteiger partial charge in [-0.05, 0) is 97.5 Å². The topological polar surface area (TPSA) is 107 Å². The van der Waals surface area contributed by atoms with E-state index in [1.165, 1.54) is 44.5 Å². The molecule has 0 spiro atoms. The van der Waals surface area contributed by atoms with E-state index in [1.54, 1.807) is 0 Å². The van der Waals surface area contributed by atoms with Crippen LogP contribution in [-0.4, -0.2) is 68.1 Å². The normalized spacial score (nSPS) is 13.8. The fourth-order valence-electron chi connectivity index (χ4n) is 5.26. The van der Waals surface area contributed by atoms with Crippen LogP contribution < -0.4 is 0 Å². The van der Waals surface area contributed by atoms with Crippen molar-refractivity contribution in [3.8, 4) is 22.5 Å². The van der Waals surface area contributed by atoms with Crippen LogP contribution in [0.5, 0.6) is 0 Å². The second-order valence-electron chi connectivity index (χ2n) is 11.2. The van der Waals surface area contributed by atoms with Crippen LogP contribution in [-0.2, 0) is 22.7 Å². The predicted octanol–water partition coefficient (Wildman–Crippen LogP) is 6.07. The number of rotatable bonds is 8. The van der Waals surface area contributed by atoms with Crippen LogP contribution in [0.1, 0.15) is 33.4 Å². The SMILES string of the molecule is Cc1ccccc1-c1cc(CN2CCN(Cc3ccnc(-c4cc(C)c(C)c(C)c4)c3)CC2)ccn1.O=C(O)/C=C\C(=O)O. The Balaban J connectivity index is 0.000000488. The molecule has 44 heavy (non-hydrogen) atoms. The molecule has 0 saturated carbocycles. The molecule has 0 bridgehead atoms. The lowest BCUT2D eigenvalue weighted by Crippen LogP contribution is -2.45. The molecule has 1 aliphatic rings. The molecule has 0 unspecified atom stereocenters. The standard InChI is InChI=1S/C32H36N4.C4H4O4/c1-23-7-5-6-8-30(23)32-20-28(10-12-34-32)22-36-15-13-35(14-16-36)21-27-9-11-33-31(19-27)29-17-24(2)26(4)25(3)18-29;5-3(6)1-2-4(7)8/h5-12,17-20H,13-16,21-22H2,1-4H3;1-2H,(H,5,6)(H,7,8)/b;2-1-. The zero-order valence-corrected chi connectivity index (χ0v) is 25.8. The average Bonchev–Trinajstić information content (AvgIpc) is 3.00. The number of nitrogens with zero attached hydrogens (tertiary/aromatic N) is 4. The van der Waals surface area contributed by atoms with E-state index in [-0.39, 0.29) is 0 Å². The summed E-state index contributed by atoms with van der Waals surface area (Å²) in [5.74, 6) is -2.51. The minimum atomic E-state index is -1.26. The highest BCUT2D eigenvalue weighted by molar-refractivity contribution is 5.89. The first-order valence-electron chi connectivity index (χ1n) is 14.7. The van der Waals surface area contributed by atoms with Gasteiger partial charge in [0, 0.05) is 74.9 Å². The zero-order chi connectivity index (χ0) is 31.6. The van der Waals surface area contributed by atoms with E-state index in [0.717, 1.165) is 50.7 Å². The van der Waals surface area contributed by atoms with Gasteiger partial charge in [-0.2, -0.15) is 0 Å². The number of benzene rings is 2. The van der Waals surface area contributed by atoms with Crippen LogP contribution in [0, 0.1) is 27.7 Å². The minimum absolute atomic E-state index is 0.558. The van der Waals surface area contributed by atoms with E-state index in [1.807, 2.05) is 12.4 Å². The summed E-state index contributed by atoms with van der Waals surface area (Å²) in [5.41, 5.74) is 12.5. The second kappa shape index (κ2) is 15.2. The van der Waals surface area contributed by atoms with E-state index in [0.29, 0.717) is 12.2 Å². The Morgan fingerprint density at radius 1 is 0.682 bits per heavy atom. The number of aliphatic carboxylic acids is 2. The number of hydrogen-bond donors (Lipinski definition) is 2. The molecule has 0 radical (unpaired) electrons. The lowest BCUT2D eigenvalue weighted by molar-refractivity contribution is -0.134. The van der Waals surface area contributed by atoms with Gasteiger partial charge in [-0.15, -0.1) is 0 Å². The van der Waals surface area contributed by atoms with E-state index in [4.69, 9.17) is 10.2 Å². The summed E-state index contributed by atoms with van der Waals surface area (Å²) in [6.07, 6.45) is 5.02. The van der Waals surface area contributed by atoms with Crippen molar-refractivity contribution >= 4 is 11.9 Å². The van der Waals surface area contributed by atoms with Crippen molar-refractivity contribution < 1.29 is 19.8 Å². The van der Waals surface area contributed by atoms with Crippen molar-refractivity contribution in [3.05, 3.63) is 119 Å². The van der Waals surface area contributed by atoms with Crippen LogP contribution in [0.25, 0.3) is 22.5 Å². The maximum atomic E-state index is 9.55. The van der Waals surface area contributed by atoms with Crippen LogP contribution in [0.2, 0.25) is 0 Å². The molecule has 0 aliphatic carbocycles. The highest BCUT2D eigenvalue weighted by Gasteiger charge is 2.18. The van der Waals surface area contributed by atoms with E-state index < -0.39 is 11.9 Å². The fraction of sp³-hybridized carbons (Fsp3) is 0.278. The molecule has 0 amide bonds. The molecule has 1 saturated heterocycles. The third-order valence-electron chi connectivity index (χ3n) is 7.94. The molecule has 8 nitrogen and oxygen atoms in total. The minimum Gasteiger partial charge on any atom is -0.478 e. The molecule has 228 valence electrons. The highest BCUT2D eigenvalue weighted by Crippen LogP contribution is 2.25. The van der Waals surface area contributed by atoms with E-state index >= 15 is 0 Å². The van der Waals surface area contributed by atoms with Gasteiger partial charge in [0.15, 0.2) is 0 Å². The van der Waals surface area contributed by atoms with Gasteiger partial charge in [-0.1, -0.05) is 24.3 Å². The van der Waals surface area contributed by atoms with E-state index in [9.17, 15) is 9.59 Å². The van der Waals surface area contributed by atoms with Crippen molar-refractivity contribution in [2.45, 2.75) is 40.8 Å². The Kier molecular flexibility index (Phi) is 11.1. The number of hydrogen-bond acceptors (Lipinski definition) is 6. The van der Waals surface area contributed by atoms with Crippen LogP contribution in [0.3, 0.4) is 0 Å². The average molecular weight is 593 g/mol. The van der Waals surface area contributed by atoms with Gasteiger partial charge in [-0.3, -0.25) is 19.8 Å². The lowest BCUT2D eigenvalue weighted by Gasteiger charge is -2.34. The summed E-state index contributed by atoms with van der Waals surface area (Å²) < 4.78 is 0. The third kappa shape index (κ3) is 9.17. The Bertz CT molecular complexity index is 1600. The molecule has 1 aliphatic heterocycles. The molecular weight excluding hydrogens is 552 g/mol. The molecule has 8 heteroatoms. The van der Waals surface area contributed by atoms with Crippen molar-refractivity contribution in [1.82, 2.24) is 19.8 Å². The predicted molar refractivity (Wildman–Crippen MR) is 173 cm³/mol. The summed E-state index contributed by atoms with van der Waals surface area (Å²) in [6.45, 7) is 15.0. The summed E-state index contributed by atoms with van der Waals surface area (Å²) in [5, 5.41) is 15.6. The van der Waals surface area contributed by atoms with Crippen molar-refractivity contribution in [3.63, 3.8) is 0 Å². The molecule has 1 fully saturated rings. The molecule has 4 aromatic rings. The number of carboxylic acid groups (broad SMARTS) is 2. The summed E-state index contributed by atoms with van der Waals surface area (Å²) >= 11 is 0. The fourth-order valence-corrected chi connectivity index (χ4v) is 5.26. The van der Waals surface area contributed by atoms with Crippen LogP contribution in [0.15, 0.2) is 85.2 Å². The Labute approximate surface area is 259 Å². The number of piperazine rings is 1. The number of carboxylic acids is 2. The molecule has 2 aromatic heterocycles. The first-order valence-corrected chi connectivity index (χ1v) is 14.7. The number of aromatic nitrogens is 2. The Morgan fingerprint density at radius 3 is 1.66 bits per heavy atom. The van der Waals surface area contributed by atoms with Gasteiger partial charge in [0.25, 0.3) is 0 Å². The summed E-state index contributed by atoms with van der Waals surface area (Å²) in [4.78, 5) is 33.5. The van der Waals surface area contributed by atoms with Crippen molar-refractivity contribution in [2.75, 3.05) is 26.2 Å². The first kappa shape index (κ1) is 32.3. The molecular formula is C36H40N4O4. The first-order chi connectivity index (χ1) is 21.1. The largest absolute Gasteiger partial charge is 0.478 e. The van der Waals surface area contributed by atoms with Crippen LogP contribution >= 0.6 is 0 Å². The van der Waals surface area contributed by atoms with Gasteiger partial charge in [0.1, 0.15) is 0 Å². The smallest absolute Gasteiger partial charge is 0.328 e. The maximum Gasteiger partial charge on any atom is 0.328 e. The van der Waals surface area contributed by atoms with Crippen molar-refractivity contribution in [2.24, 2.45) is 0 Å². The summed E-state index contributed by atoms with van der Waals surface area (Å²) in [7, 11) is 0. The monoisotopic (exact) mass is 592 g/mol. The summed E-state index contributed by atoms with van der Waals surface area (Å²) in [6, 6.07) is 21.8.